The van der Waals surface area contributed by atoms with Crippen molar-refractivity contribution in [3.8, 4) is 0 Å². The summed E-state index contributed by atoms with van der Waals surface area (Å²) in [6.07, 6.45) is 4.90. The van der Waals surface area contributed by atoms with E-state index in [2.05, 4.69) is 81.5 Å². The standard InChI is InChI=1S/C24H27N3/c1-3-9-22(10-4-1)24(23-11-5-2-6-12-23)27-18-16-26(17-19-27)15-13-21-8-7-14-25-20-21/h1-12,14,20,24H,13,15-19H2. The van der Waals surface area contributed by atoms with Gasteiger partial charge in [-0.15, -0.1) is 0 Å². The summed E-state index contributed by atoms with van der Waals surface area (Å²) in [7, 11) is 0. The van der Waals surface area contributed by atoms with Gasteiger partial charge < -0.3 is 4.90 Å². The third-order valence-electron chi connectivity index (χ3n) is 5.44. The Morgan fingerprint density at radius 3 is 1.93 bits per heavy atom. The molecular formula is C24H27N3. The van der Waals surface area contributed by atoms with Crippen molar-refractivity contribution in [3.05, 3.63) is 102 Å². The summed E-state index contributed by atoms with van der Waals surface area (Å²) in [5.41, 5.74) is 4.09. The number of pyridine rings is 1. The van der Waals surface area contributed by atoms with E-state index >= 15 is 0 Å². The first-order valence-corrected chi connectivity index (χ1v) is 9.85. The lowest BCUT2D eigenvalue weighted by atomic mass is 9.96. The highest BCUT2D eigenvalue weighted by Gasteiger charge is 2.26. The molecule has 0 radical (unpaired) electrons. The number of hydrogen-bond acceptors (Lipinski definition) is 3. The summed E-state index contributed by atoms with van der Waals surface area (Å²) in [5, 5.41) is 0. The summed E-state index contributed by atoms with van der Waals surface area (Å²) < 4.78 is 0. The van der Waals surface area contributed by atoms with Crippen molar-refractivity contribution in [2.75, 3.05) is 32.7 Å². The summed E-state index contributed by atoms with van der Waals surface area (Å²) in [5.74, 6) is 0. The average Bonchev–Trinajstić information content (AvgIpc) is 2.76. The van der Waals surface area contributed by atoms with Crippen molar-refractivity contribution in [2.45, 2.75) is 12.5 Å². The second-order valence-corrected chi connectivity index (χ2v) is 7.21. The molecule has 1 aromatic heterocycles. The molecule has 138 valence electrons. The van der Waals surface area contributed by atoms with Crippen molar-refractivity contribution in [1.29, 1.82) is 0 Å². The van der Waals surface area contributed by atoms with Crippen LogP contribution in [0.25, 0.3) is 0 Å². The van der Waals surface area contributed by atoms with Crippen LogP contribution < -0.4 is 0 Å². The first-order chi connectivity index (χ1) is 13.4. The van der Waals surface area contributed by atoms with E-state index in [-0.39, 0.29) is 0 Å². The molecule has 0 bridgehead atoms. The maximum atomic E-state index is 4.22. The lowest BCUT2D eigenvalue weighted by molar-refractivity contribution is 0.110. The van der Waals surface area contributed by atoms with Crippen LogP contribution in [0.3, 0.4) is 0 Å². The Kier molecular flexibility index (Phi) is 5.92. The molecule has 0 spiro atoms. The lowest BCUT2D eigenvalue weighted by Gasteiger charge is -2.39. The van der Waals surface area contributed by atoms with Gasteiger partial charge in [-0.1, -0.05) is 66.7 Å². The Morgan fingerprint density at radius 1 is 0.741 bits per heavy atom. The van der Waals surface area contributed by atoms with Crippen LogP contribution in [0.15, 0.2) is 85.2 Å². The van der Waals surface area contributed by atoms with Gasteiger partial charge in [0.1, 0.15) is 0 Å². The molecule has 0 atom stereocenters. The second-order valence-electron chi connectivity index (χ2n) is 7.21. The normalized spacial score (nSPS) is 15.9. The second kappa shape index (κ2) is 8.94. The number of nitrogens with zero attached hydrogens (tertiary/aromatic N) is 3. The molecule has 3 nitrogen and oxygen atoms in total. The van der Waals surface area contributed by atoms with Crippen LogP contribution in [0.2, 0.25) is 0 Å². The van der Waals surface area contributed by atoms with Gasteiger partial charge in [0.2, 0.25) is 0 Å². The van der Waals surface area contributed by atoms with Crippen molar-refractivity contribution < 1.29 is 0 Å². The van der Waals surface area contributed by atoms with E-state index in [9.17, 15) is 0 Å². The first-order valence-electron chi connectivity index (χ1n) is 9.85. The molecule has 0 amide bonds. The van der Waals surface area contributed by atoms with Gasteiger partial charge in [-0.3, -0.25) is 9.88 Å². The maximum Gasteiger partial charge on any atom is 0.0602 e. The van der Waals surface area contributed by atoms with Crippen LogP contribution in [0.4, 0.5) is 0 Å². The molecule has 1 aliphatic rings. The molecule has 1 fully saturated rings. The summed E-state index contributed by atoms with van der Waals surface area (Å²) in [6, 6.07) is 26.4. The third-order valence-corrected chi connectivity index (χ3v) is 5.44. The van der Waals surface area contributed by atoms with Crippen molar-refractivity contribution in [2.24, 2.45) is 0 Å². The monoisotopic (exact) mass is 357 g/mol. The Hall–Kier alpha value is -2.49. The molecule has 2 heterocycles. The largest absolute Gasteiger partial charge is 0.300 e. The van der Waals surface area contributed by atoms with E-state index in [1.54, 1.807) is 0 Å². The number of aromatic nitrogens is 1. The minimum absolute atomic E-state index is 0.341. The molecule has 4 rings (SSSR count). The van der Waals surface area contributed by atoms with Crippen molar-refractivity contribution in [3.63, 3.8) is 0 Å². The zero-order chi connectivity index (χ0) is 18.3. The Bertz CT molecular complexity index is 757. The fourth-order valence-electron chi connectivity index (χ4n) is 3.96. The zero-order valence-corrected chi connectivity index (χ0v) is 15.7. The molecule has 1 saturated heterocycles. The third kappa shape index (κ3) is 4.62. The smallest absolute Gasteiger partial charge is 0.0602 e. The molecule has 0 aliphatic carbocycles. The Balaban J connectivity index is 1.41. The van der Waals surface area contributed by atoms with Crippen LogP contribution in [0.5, 0.6) is 0 Å². The van der Waals surface area contributed by atoms with Gasteiger partial charge in [0, 0.05) is 45.1 Å². The Labute approximate surface area is 162 Å². The fourth-order valence-corrected chi connectivity index (χ4v) is 3.96. The molecule has 27 heavy (non-hydrogen) atoms. The number of benzene rings is 2. The maximum absolute atomic E-state index is 4.22. The quantitative estimate of drug-likeness (QED) is 0.664. The summed E-state index contributed by atoms with van der Waals surface area (Å²) in [4.78, 5) is 9.43. The Morgan fingerprint density at radius 2 is 1.37 bits per heavy atom. The van der Waals surface area contributed by atoms with E-state index in [1.165, 1.54) is 16.7 Å². The first kappa shape index (κ1) is 17.9. The minimum Gasteiger partial charge on any atom is -0.300 e. The molecule has 1 aliphatic heterocycles. The van der Waals surface area contributed by atoms with E-state index in [1.807, 2.05) is 18.5 Å². The molecule has 3 heteroatoms. The molecule has 0 unspecified atom stereocenters. The van der Waals surface area contributed by atoms with Gasteiger partial charge in [0.05, 0.1) is 6.04 Å². The van der Waals surface area contributed by atoms with Gasteiger partial charge in [0.25, 0.3) is 0 Å². The van der Waals surface area contributed by atoms with Gasteiger partial charge >= 0.3 is 0 Å². The topological polar surface area (TPSA) is 19.4 Å². The molecular weight excluding hydrogens is 330 g/mol. The van der Waals surface area contributed by atoms with Gasteiger partial charge in [-0.2, -0.15) is 0 Å². The van der Waals surface area contributed by atoms with E-state index < -0.39 is 0 Å². The number of rotatable bonds is 6. The fraction of sp³-hybridized carbons (Fsp3) is 0.292. The molecule has 0 N–H and O–H groups in total. The summed E-state index contributed by atoms with van der Waals surface area (Å²) in [6.45, 7) is 5.55. The molecule has 2 aromatic carbocycles. The predicted octanol–water partition coefficient (Wildman–Crippen LogP) is 4.03. The van der Waals surface area contributed by atoms with Crippen LogP contribution in [-0.2, 0) is 6.42 Å². The minimum atomic E-state index is 0.341. The van der Waals surface area contributed by atoms with Gasteiger partial charge in [-0.25, -0.2) is 0 Å². The highest BCUT2D eigenvalue weighted by Crippen LogP contribution is 2.29. The van der Waals surface area contributed by atoms with E-state index in [4.69, 9.17) is 0 Å². The molecule has 0 saturated carbocycles. The van der Waals surface area contributed by atoms with Gasteiger partial charge in [-0.05, 0) is 29.2 Å². The zero-order valence-electron chi connectivity index (χ0n) is 15.7. The van der Waals surface area contributed by atoms with Crippen molar-refractivity contribution in [1.82, 2.24) is 14.8 Å². The number of piperazine rings is 1. The van der Waals surface area contributed by atoms with Crippen LogP contribution >= 0.6 is 0 Å². The van der Waals surface area contributed by atoms with Crippen LogP contribution in [0, 0.1) is 0 Å². The molecule has 3 aromatic rings. The predicted molar refractivity (Wildman–Crippen MR) is 111 cm³/mol. The van der Waals surface area contributed by atoms with E-state index in [0.29, 0.717) is 6.04 Å². The summed E-state index contributed by atoms with van der Waals surface area (Å²) >= 11 is 0. The average molecular weight is 358 g/mol. The van der Waals surface area contributed by atoms with Crippen LogP contribution in [-0.4, -0.2) is 47.5 Å². The lowest BCUT2D eigenvalue weighted by Crippen LogP contribution is -2.48. The number of hydrogen-bond donors (Lipinski definition) is 0. The van der Waals surface area contributed by atoms with E-state index in [0.717, 1.165) is 39.1 Å². The van der Waals surface area contributed by atoms with Crippen LogP contribution in [0.1, 0.15) is 22.7 Å². The van der Waals surface area contributed by atoms with Crippen molar-refractivity contribution >= 4 is 0 Å². The highest BCUT2D eigenvalue weighted by atomic mass is 15.3. The van der Waals surface area contributed by atoms with Gasteiger partial charge in [0.15, 0.2) is 0 Å². The highest BCUT2D eigenvalue weighted by molar-refractivity contribution is 5.32. The SMILES string of the molecule is c1ccc(C(c2ccccc2)N2CCN(CCc3cccnc3)CC2)cc1.